The van der Waals surface area contributed by atoms with Gasteiger partial charge in [-0.2, -0.15) is 0 Å². The molecule has 0 fully saturated rings. The molecule has 0 N–H and O–H groups in total. The number of thioether (sulfide) groups is 1. The zero-order valence-electron chi connectivity index (χ0n) is 21.1. The van der Waals surface area contributed by atoms with Gasteiger partial charge >= 0.3 is 0 Å². The highest BCUT2D eigenvalue weighted by Gasteiger charge is 2.18. The monoisotopic (exact) mass is 538 g/mol. The molecule has 190 valence electrons. The summed E-state index contributed by atoms with van der Waals surface area (Å²) in [5.41, 5.74) is 4.71. The van der Waals surface area contributed by atoms with E-state index >= 15 is 0 Å². The Morgan fingerprint density at radius 2 is 1.76 bits per heavy atom. The van der Waals surface area contributed by atoms with E-state index in [4.69, 9.17) is 9.72 Å². The van der Waals surface area contributed by atoms with Gasteiger partial charge in [-0.1, -0.05) is 54.2 Å². The fourth-order valence-corrected chi connectivity index (χ4v) is 5.97. The van der Waals surface area contributed by atoms with Crippen molar-refractivity contribution in [3.63, 3.8) is 0 Å². The lowest BCUT2D eigenvalue weighted by atomic mass is 10.0. The van der Waals surface area contributed by atoms with Crippen LogP contribution in [0.4, 0.5) is 0 Å². The van der Waals surface area contributed by atoms with E-state index in [9.17, 15) is 9.59 Å². The van der Waals surface area contributed by atoms with Crippen molar-refractivity contribution >= 4 is 39.1 Å². The molecule has 0 unspecified atom stereocenters. The van der Waals surface area contributed by atoms with E-state index in [1.54, 1.807) is 34.9 Å². The standard InChI is InChI=1S/C31H26N2O3S2/c1-4-16-33-30(35)28-26(23-11-10-20(2)21(3)17-23)18-37-29(28)32-31(33)38-19-27(34)22-12-14-25(15-13-22)36-24-8-6-5-7-9-24/h4-15,17-18H,1,16,19H2,2-3H3. The Balaban J connectivity index is 1.38. The van der Waals surface area contributed by atoms with Crippen molar-refractivity contribution in [2.75, 3.05) is 5.75 Å². The number of ether oxygens (including phenoxy) is 1. The third-order valence-electron chi connectivity index (χ3n) is 6.28. The topological polar surface area (TPSA) is 61.2 Å². The fraction of sp³-hybridized carbons (Fsp3) is 0.129. The number of para-hydroxylation sites is 1. The Morgan fingerprint density at radius 1 is 1.03 bits per heavy atom. The number of aromatic nitrogens is 2. The summed E-state index contributed by atoms with van der Waals surface area (Å²) in [7, 11) is 0. The van der Waals surface area contributed by atoms with Crippen molar-refractivity contribution in [3.05, 3.63) is 118 Å². The lowest BCUT2D eigenvalue weighted by molar-refractivity contribution is 0.102. The van der Waals surface area contributed by atoms with Crippen LogP contribution >= 0.6 is 23.1 Å². The van der Waals surface area contributed by atoms with Crippen molar-refractivity contribution in [1.29, 1.82) is 0 Å². The van der Waals surface area contributed by atoms with E-state index in [0.717, 1.165) is 16.9 Å². The maximum atomic E-state index is 13.6. The fourth-order valence-electron chi connectivity index (χ4n) is 4.07. The molecule has 0 spiro atoms. The minimum absolute atomic E-state index is 0.0530. The largest absolute Gasteiger partial charge is 0.457 e. The molecule has 0 aliphatic heterocycles. The van der Waals surface area contributed by atoms with Gasteiger partial charge in [-0.15, -0.1) is 17.9 Å². The van der Waals surface area contributed by atoms with Crippen LogP contribution in [-0.2, 0) is 6.54 Å². The number of benzene rings is 3. The molecule has 0 saturated carbocycles. The molecule has 2 aromatic heterocycles. The summed E-state index contributed by atoms with van der Waals surface area (Å²) >= 11 is 2.71. The number of rotatable bonds is 9. The molecular weight excluding hydrogens is 512 g/mol. The summed E-state index contributed by atoms with van der Waals surface area (Å²) in [5.74, 6) is 1.49. The Labute approximate surface area is 229 Å². The van der Waals surface area contributed by atoms with Crippen molar-refractivity contribution in [3.8, 4) is 22.6 Å². The molecule has 5 aromatic rings. The van der Waals surface area contributed by atoms with E-state index in [-0.39, 0.29) is 17.1 Å². The molecule has 0 aliphatic rings. The summed E-state index contributed by atoms with van der Waals surface area (Å²) in [6.07, 6.45) is 1.67. The first-order chi connectivity index (χ1) is 18.4. The smallest absolute Gasteiger partial charge is 0.263 e. The van der Waals surface area contributed by atoms with Gasteiger partial charge in [-0.05, 0) is 66.9 Å². The number of allylic oxidation sites excluding steroid dienone is 1. The van der Waals surface area contributed by atoms with Crippen LogP contribution in [0, 0.1) is 13.8 Å². The number of Topliss-reactive ketones (excluding diaryl/α,β-unsaturated/α-hetero) is 1. The molecule has 0 saturated heterocycles. The molecule has 3 aromatic carbocycles. The minimum atomic E-state index is -0.123. The average Bonchev–Trinajstić information content (AvgIpc) is 3.36. The highest BCUT2D eigenvalue weighted by molar-refractivity contribution is 7.99. The first kappa shape index (κ1) is 25.7. The number of carbonyl (C=O) groups excluding carboxylic acids is 1. The molecule has 0 bridgehead atoms. The molecule has 0 atom stereocenters. The highest BCUT2D eigenvalue weighted by atomic mass is 32.2. The first-order valence-electron chi connectivity index (χ1n) is 12.1. The molecular formula is C31H26N2O3S2. The van der Waals surface area contributed by atoms with Gasteiger partial charge in [0.15, 0.2) is 10.9 Å². The maximum Gasteiger partial charge on any atom is 0.263 e. The average molecular weight is 539 g/mol. The van der Waals surface area contributed by atoms with Crippen molar-refractivity contribution < 1.29 is 9.53 Å². The predicted octanol–water partition coefficient (Wildman–Crippen LogP) is 7.70. The van der Waals surface area contributed by atoms with E-state index < -0.39 is 0 Å². The van der Waals surface area contributed by atoms with Gasteiger partial charge in [-0.25, -0.2) is 4.98 Å². The number of aryl methyl sites for hydroxylation is 2. The number of fused-ring (bicyclic) bond motifs is 1. The maximum absolute atomic E-state index is 13.6. The number of nitrogens with zero attached hydrogens (tertiary/aromatic N) is 2. The third kappa shape index (κ3) is 5.35. The lowest BCUT2D eigenvalue weighted by Crippen LogP contribution is -2.23. The third-order valence-corrected chi connectivity index (χ3v) is 8.12. The zero-order chi connectivity index (χ0) is 26.6. The number of thiophene rings is 1. The minimum Gasteiger partial charge on any atom is -0.457 e. The van der Waals surface area contributed by atoms with E-state index in [1.165, 1.54) is 34.2 Å². The Bertz CT molecular complexity index is 1690. The second-order valence-electron chi connectivity index (χ2n) is 8.88. The van der Waals surface area contributed by atoms with Crippen LogP contribution < -0.4 is 10.3 Å². The van der Waals surface area contributed by atoms with Crippen LogP contribution in [0.25, 0.3) is 21.3 Å². The van der Waals surface area contributed by atoms with E-state index in [2.05, 4.69) is 32.6 Å². The molecule has 38 heavy (non-hydrogen) atoms. The second kappa shape index (κ2) is 11.2. The van der Waals surface area contributed by atoms with Crippen LogP contribution in [0.5, 0.6) is 11.5 Å². The molecule has 0 aliphatic carbocycles. The predicted molar refractivity (Wildman–Crippen MR) is 157 cm³/mol. The van der Waals surface area contributed by atoms with Crippen LogP contribution in [0.15, 0.2) is 101 Å². The Kier molecular flexibility index (Phi) is 7.58. The van der Waals surface area contributed by atoms with Crippen LogP contribution in [0.3, 0.4) is 0 Å². The molecule has 5 nitrogen and oxygen atoms in total. The van der Waals surface area contributed by atoms with Crippen LogP contribution in [0.1, 0.15) is 21.5 Å². The lowest BCUT2D eigenvalue weighted by Gasteiger charge is -2.11. The van der Waals surface area contributed by atoms with Crippen LogP contribution in [-0.4, -0.2) is 21.1 Å². The quantitative estimate of drug-likeness (QED) is 0.0833. The van der Waals surface area contributed by atoms with Crippen molar-refractivity contribution in [1.82, 2.24) is 9.55 Å². The van der Waals surface area contributed by atoms with Crippen molar-refractivity contribution in [2.24, 2.45) is 0 Å². The number of hydrogen-bond donors (Lipinski definition) is 0. The van der Waals surface area contributed by atoms with Gasteiger partial charge < -0.3 is 4.74 Å². The molecule has 0 amide bonds. The van der Waals surface area contributed by atoms with Crippen molar-refractivity contribution in [2.45, 2.75) is 25.5 Å². The van der Waals surface area contributed by atoms with Crippen LogP contribution in [0.2, 0.25) is 0 Å². The Morgan fingerprint density at radius 3 is 2.47 bits per heavy atom. The second-order valence-corrected chi connectivity index (χ2v) is 10.7. The van der Waals surface area contributed by atoms with Gasteiger partial charge in [0.1, 0.15) is 16.3 Å². The van der Waals surface area contributed by atoms with Gasteiger partial charge in [0.05, 0.1) is 11.1 Å². The first-order valence-corrected chi connectivity index (χ1v) is 14.0. The molecule has 2 heterocycles. The normalized spacial score (nSPS) is 11.0. The number of carbonyl (C=O) groups is 1. The summed E-state index contributed by atoms with van der Waals surface area (Å²) in [4.78, 5) is 32.0. The van der Waals surface area contributed by atoms with E-state index in [0.29, 0.717) is 33.2 Å². The zero-order valence-corrected chi connectivity index (χ0v) is 22.8. The van der Waals surface area contributed by atoms with Gasteiger partial charge in [-0.3, -0.25) is 14.2 Å². The summed E-state index contributed by atoms with van der Waals surface area (Å²) in [6.45, 7) is 8.26. The number of hydrogen-bond acceptors (Lipinski definition) is 6. The Hall–Kier alpha value is -3.94. The summed E-state index contributed by atoms with van der Waals surface area (Å²) < 4.78 is 7.41. The summed E-state index contributed by atoms with van der Waals surface area (Å²) in [5, 5.41) is 3.10. The SMILES string of the molecule is C=CCn1c(SCC(=O)c2ccc(Oc3ccccc3)cc2)nc2scc(-c3ccc(C)c(C)c3)c2c1=O. The van der Waals surface area contributed by atoms with Gasteiger partial charge in [0, 0.05) is 23.1 Å². The number of ketones is 1. The highest BCUT2D eigenvalue weighted by Crippen LogP contribution is 2.33. The van der Waals surface area contributed by atoms with E-state index in [1.807, 2.05) is 41.8 Å². The van der Waals surface area contributed by atoms with Gasteiger partial charge in [0.25, 0.3) is 5.56 Å². The molecule has 5 rings (SSSR count). The summed E-state index contributed by atoms with van der Waals surface area (Å²) in [6, 6.07) is 22.8. The molecule has 0 radical (unpaired) electrons. The van der Waals surface area contributed by atoms with Gasteiger partial charge in [0.2, 0.25) is 0 Å². The molecule has 7 heteroatoms.